The summed E-state index contributed by atoms with van der Waals surface area (Å²) in [5.74, 6) is -0.330. The number of esters is 1. The van der Waals surface area contributed by atoms with Gasteiger partial charge in [-0.05, 0) is 25.0 Å². The zero-order valence-electron chi connectivity index (χ0n) is 10.4. The van der Waals surface area contributed by atoms with Gasteiger partial charge in [0.15, 0.2) is 0 Å². The van der Waals surface area contributed by atoms with E-state index in [4.69, 9.17) is 9.47 Å². The van der Waals surface area contributed by atoms with E-state index in [1.807, 2.05) is 25.1 Å². The Balaban J connectivity index is 2.58. The summed E-state index contributed by atoms with van der Waals surface area (Å²) in [7, 11) is 1.38. The molecule has 0 bridgehead atoms. The molecule has 17 heavy (non-hydrogen) atoms. The molecule has 0 aliphatic carbocycles. The van der Waals surface area contributed by atoms with E-state index in [0.717, 1.165) is 17.6 Å². The van der Waals surface area contributed by atoms with E-state index in [1.165, 1.54) is 7.11 Å². The van der Waals surface area contributed by atoms with Crippen LogP contribution in [0.5, 0.6) is 0 Å². The highest BCUT2D eigenvalue weighted by molar-refractivity contribution is 5.90. The maximum absolute atomic E-state index is 11.5. The first-order valence-electron chi connectivity index (χ1n) is 5.53. The second-order valence-electron chi connectivity index (χ2n) is 3.91. The zero-order valence-corrected chi connectivity index (χ0v) is 10.4. The molecule has 92 valence electrons. The van der Waals surface area contributed by atoms with Crippen LogP contribution in [0.2, 0.25) is 0 Å². The molecule has 0 unspecified atom stereocenters. The number of methoxy groups -OCH3 is 1. The second kappa shape index (κ2) is 6.86. The molecule has 0 fully saturated rings. The van der Waals surface area contributed by atoms with Crippen LogP contribution in [0.3, 0.4) is 0 Å². The Labute approximate surface area is 102 Å². The van der Waals surface area contributed by atoms with E-state index in [0.29, 0.717) is 18.8 Å². The van der Waals surface area contributed by atoms with Crippen molar-refractivity contribution in [1.82, 2.24) is 0 Å². The van der Waals surface area contributed by atoms with Crippen LogP contribution in [0.4, 0.5) is 0 Å². The SMILES string of the molecule is C=C(C)CCOCc1ccccc1C(=O)OC. The van der Waals surface area contributed by atoms with Crippen molar-refractivity contribution < 1.29 is 14.3 Å². The van der Waals surface area contributed by atoms with Crippen LogP contribution in [-0.4, -0.2) is 19.7 Å². The van der Waals surface area contributed by atoms with Gasteiger partial charge >= 0.3 is 5.97 Å². The Hall–Kier alpha value is -1.61. The van der Waals surface area contributed by atoms with E-state index < -0.39 is 0 Å². The van der Waals surface area contributed by atoms with Crippen LogP contribution in [-0.2, 0) is 16.1 Å². The number of carbonyl (C=O) groups excluding carboxylic acids is 1. The average Bonchev–Trinajstić information content (AvgIpc) is 2.34. The number of carbonyl (C=O) groups is 1. The molecule has 0 atom stereocenters. The number of ether oxygens (including phenoxy) is 2. The van der Waals surface area contributed by atoms with Crippen molar-refractivity contribution in [2.24, 2.45) is 0 Å². The molecule has 0 aromatic heterocycles. The Morgan fingerprint density at radius 2 is 2.06 bits per heavy atom. The summed E-state index contributed by atoms with van der Waals surface area (Å²) >= 11 is 0. The average molecular weight is 234 g/mol. The van der Waals surface area contributed by atoms with Crippen LogP contribution < -0.4 is 0 Å². The Bertz CT molecular complexity index is 396. The fourth-order valence-corrected chi connectivity index (χ4v) is 1.38. The fourth-order valence-electron chi connectivity index (χ4n) is 1.38. The first-order chi connectivity index (χ1) is 8.15. The molecule has 0 saturated carbocycles. The Morgan fingerprint density at radius 1 is 1.35 bits per heavy atom. The van der Waals surface area contributed by atoms with Crippen molar-refractivity contribution in [3.05, 3.63) is 47.5 Å². The summed E-state index contributed by atoms with van der Waals surface area (Å²) in [6.07, 6.45) is 0.834. The van der Waals surface area contributed by atoms with Crippen molar-refractivity contribution in [2.75, 3.05) is 13.7 Å². The van der Waals surface area contributed by atoms with Gasteiger partial charge in [-0.3, -0.25) is 0 Å². The highest BCUT2D eigenvalue weighted by Crippen LogP contribution is 2.11. The predicted octanol–water partition coefficient (Wildman–Crippen LogP) is 2.96. The van der Waals surface area contributed by atoms with Crippen LogP contribution in [0, 0.1) is 0 Å². The lowest BCUT2D eigenvalue weighted by Gasteiger charge is -2.08. The molecule has 0 radical (unpaired) electrons. The first kappa shape index (κ1) is 13.5. The first-order valence-corrected chi connectivity index (χ1v) is 5.53. The molecule has 0 amide bonds. The van der Waals surface area contributed by atoms with Crippen molar-refractivity contribution in [3.8, 4) is 0 Å². The van der Waals surface area contributed by atoms with Gasteiger partial charge in [0.25, 0.3) is 0 Å². The van der Waals surface area contributed by atoms with Gasteiger partial charge < -0.3 is 9.47 Å². The number of rotatable bonds is 6. The summed E-state index contributed by atoms with van der Waals surface area (Å²) in [5, 5.41) is 0. The minimum Gasteiger partial charge on any atom is -0.465 e. The number of hydrogen-bond donors (Lipinski definition) is 0. The van der Waals surface area contributed by atoms with Crippen molar-refractivity contribution in [1.29, 1.82) is 0 Å². The molecule has 0 aliphatic heterocycles. The van der Waals surface area contributed by atoms with Gasteiger partial charge in [-0.1, -0.05) is 23.8 Å². The molecule has 1 aromatic carbocycles. The van der Waals surface area contributed by atoms with Gasteiger partial charge in [0, 0.05) is 0 Å². The number of benzene rings is 1. The predicted molar refractivity (Wildman–Crippen MR) is 66.9 cm³/mol. The maximum Gasteiger partial charge on any atom is 0.338 e. The summed E-state index contributed by atoms with van der Waals surface area (Å²) in [5.41, 5.74) is 2.50. The summed E-state index contributed by atoms with van der Waals surface area (Å²) in [4.78, 5) is 11.5. The standard InChI is InChI=1S/C14H18O3/c1-11(2)8-9-17-10-12-6-4-5-7-13(12)14(15)16-3/h4-7H,1,8-10H2,2-3H3. The molecule has 0 spiro atoms. The van der Waals surface area contributed by atoms with Gasteiger partial charge in [0.2, 0.25) is 0 Å². The summed E-state index contributed by atoms with van der Waals surface area (Å²) in [6.45, 7) is 6.80. The maximum atomic E-state index is 11.5. The lowest BCUT2D eigenvalue weighted by atomic mass is 10.1. The van der Waals surface area contributed by atoms with Crippen LogP contribution >= 0.6 is 0 Å². The largest absolute Gasteiger partial charge is 0.465 e. The molecule has 1 rings (SSSR count). The third kappa shape index (κ3) is 4.41. The molecule has 0 N–H and O–H groups in total. The van der Waals surface area contributed by atoms with E-state index >= 15 is 0 Å². The molecular weight excluding hydrogens is 216 g/mol. The van der Waals surface area contributed by atoms with E-state index in [2.05, 4.69) is 6.58 Å². The molecule has 0 heterocycles. The van der Waals surface area contributed by atoms with Gasteiger partial charge in [-0.25, -0.2) is 4.79 Å². The number of hydrogen-bond acceptors (Lipinski definition) is 3. The third-order valence-corrected chi connectivity index (χ3v) is 2.35. The monoisotopic (exact) mass is 234 g/mol. The highest BCUT2D eigenvalue weighted by atomic mass is 16.5. The minimum atomic E-state index is -0.330. The fraction of sp³-hybridized carbons (Fsp3) is 0.357. The zero-order chi connectivity index (χ0) is 12.7. The van der Waals surface area contributed by atoms with Crippen LogP contribution in [0.15, 0.2) is 36.4 Å². The Kier molecular flexibility index (Phi) is 5.43. The normalized spacial score (nSPS) is 10.0. The lowest BCUT2D eigenvalue weighted by Crippen LogP contribution is -2.07. The van der Waals surface area contributed by atoms with Crippen molar-refractivity contribution in [2.45, 2.75) is 20.0 Å². The topological polar surface area (TPSA) is 35.5 Å². The molecule has 0 saturated heterocycles. The van der Waals surface area contributed by atoms with Crippen molar-refractivity contribution >= 4 is 5.97 Å². The quantitative estimate of drug-likeness (QED) is 0.431. The third-order valence-electron chi connectivity index (χ3n) is 2.35. The second-order valence-corrected chi connectivity index (χ2v) is 3.91. The van der Waals surface area contributed by atoms with E-state index in [1.54, 1.807) is 6.07 Å². The van der Waals surface area contributed by atoms with Crippen molar-refractivity contribution in [3.63, 3.8) is 0 Å². The molecule has 1 aromatic rings. The minimum absolute atomic E-state index is 0.330. The molecule has 0 aliphatic rings. The molecule has 3 nitrogen and oxygen atoms in total. The van der Waals surface area contributed by atoms with E-state index in [-0.39, 0.29) is 5.97 Å². The van der Waals surface area contributed by atoms with Gasteiger partial charge in [-0.2, -0.15) is 0 Å². The van der Waals surface area contributed by atoms with Gasteiger partial charge in [-0.15, -0.1) is 6.58 Å². The Morgan fingerprint density at radius 3 is 2.71 bits per heavy atom. The summed E-state index contributed by atoms with van der Waals surface area (Å²) < 4.78 is 10.2. The highest BCUT2D eigenvalue weighted by Gasteiger charge is 2.10. The van der Waals surface area contributed by atoms with Crippen LogP contribution in [0.1, 0.15) is 29.3 Å². The van der Waals surface area contributed by atoms with Gasteiger partial charge in [0.1, 0.15) is 0 Å². The van der Waals surface area contributed by atoms with Crippen LogP contribution in [0.25, 0.3) is 0 Å². The lowest BCUT2D eigenvalue weighted by molar-refractivity contribution is 0.0592. The van der Waals surface area contributed by atoms with E-state index in [9.17, 15) is 4.79 Å². The molecular formula is C14H18O3. The molecule has 3 heteroatoms. The smallest absolute Gasteiger partial charge is 0.338 e. The van der Waals surface area contributed by atoms with Gasteiger partial charge in [0.05, 0.1) is 25.9 Å². The summed E-state index contributed by atoms with van der Waals surface area (Å²) in [6, 6.07) is 7.30.